The monoisotopic (exact) mass is 409 g/mol. The number of hydrogen-bond donors (Lipinski definition) is 1. The number of thioether (sulfide) groups is 1. The van der Waals surface area contributed by atoms with Crippen LogP contribution in [0.15, 0.2) is 34.2 Å². The normalized spacial score (nSPS) is 15.3. The van der Waals surface area contributed by atoms with E-state index in [0.717, 1.165) is 31.1 Å². The van der Waals surface area contributed by atoms with Crippen molar-refractivity contribution < 1.29 is 4.79 Å². The maximum atomic E-state index is 12.5. The molecule has 1 aromatic carbocycles. The Morgan fingerprint density at radius 2 is 2.07 bits per heavy atom. The molecule has 0 unspecified atom stereocenters. The zero-order chi connectivity index (χ0) is 19.2. The first-order valence-electron chi connectivity index (χ1n) is 9.09. The summed E-state index contributed by atoms with van der Waals surface area (Å²) in [6.45, 7) is 6.55. The van der Waals surface area contributed by atoms with Gasteiger partial charge in [-0.2, -0.15) is 0 Å². The summed E-state index contributed by atoms with van der Waals surface area (Å²) in [4.78, 5) is 28.4. The van der Waals surface area contributed by atoms with Gasteiger partial charge in [0, 0.05) is 44.3 Å². The van der Waals surface area contributed by atoms with Gasteiger partial charge in [-0.3, -0.25) is 14.3 Å². The molecule has 1 N–H and O–H groups in total. The minimum absolute atomic E-state index is 0.0842. The quantitative estimate of drug-likeness (QED) is 0.708. The Bertz CT molecular complexity index is 829. The predicted molar refractivity (Wildman–Crippen MR) is 107 cm³/mol. The molecule has 2 heterocycles. The van der Waals surface area contributed by atoms with Crippen LogP contribution in [-0.2, 0) is 17.9 Å². The molecular weight excluding hydrogens is 386 g/mol. The van der Waals surface area contributed by atoms with Crippen molar-refractivity contribution in [2.45, 2.75) is 31.6 Å². The number of nitrogens with zero attached hydrogens (tertiary/aromatic N) is 4. The number of nitrogens with one attached hydrogen (secondary N) is 1. The topological polar surface area (TPSA) is 74.2 Å². The summed E-state index contributed by atoms with van der Waals surface area (Å²) < 4.78 is 1.58. The Hall–Kier alpha value is -1.77. The maximum Gasteiger partial charge on any atom is 0.343 e. The fraction of sp³-hybridized carbons (Fsp3) is 0.500. The molecule has 1 amide bonds. The number of aromatic amines is 1. The van der Waals surface area contributed by atoms with Crippen LogP contribution in [0.2, 0.25) is 5.02 Å². The molecule has 7 nitrogen and oxygen atoms in total. The van der Waals surface area contributed by atoms with Crippen LogP contribution in [0.1, 0.15) is 18.9 Å². The van der Waals surface area contributed by atoms with Gasteiger partial charge in [0.05, 0.1) is 5.75 Å². The molecule has 0 saturated carbocycles. The summed E-state index contributed by atoms with van der Waals surface area (Å²) in [5.74, 6) is 0.378. The third-order valence-electron chi connectivity index (χ3n) is 4.52. The van der Waals surface area contributed by atoms with Gasteiger partial charge in [-0.25, -0.2) is 9.89 Å². The molecule has 146 valence electrons. The Balaban J connectivity index is 1.46. The molecular formula is C18H24ClN5O2S. The number of halogens is 1. The molecule has 3 rings (SSSR count). The number of rotatable bonds is 7. The standard InChI is InChI=1S/C18H24ClN5O2S/c1-2-6-24-17(26)20-21-18(24)27-13-16(25)23-9-7-22(8-10-23)12-14-4-3-5-15(19)11-14/h3-5,11H,2,6-10,12-13H2,1H3,(H,20,26). The average molecular weight is 410 g/mol. The molecule has 1 aliphatic rings. The minimum atomic E-state index is -0.221. The second-order valence-corrected chi connectivity index (χ2v) is 7.92. The lowest BCUT2D eigenvalue weighted by atomic mass is 10.2. The molecule has 1 aliphatic heterocycles. The van der Waals surface area contributed by atoms with Crippen LogP contribution < -0.4 is 5.69 Å². The van der Waals surface area contributed by atoms with Crippen molar-refractivity contribution in [2.75, 3.05) is 31.9 Å². The number of piperazine rings is 1. The van der Waals surface area contributed by atoms with Crippen LogP contribution in [-0.4, -0.2) is 62.4 Å². The second kappa shape index (κ2) is 9.43. The molecule has 1 fully saturated rings. The Labute approximate surface area is 167 Å². The lowest BCUT2D eigenvalue weighted by molar-refractivity contribution is -0.130. The third kappa shape index (κ3) is 5.37. The average Bonchev–Trinajstić information content (AvgIpc) is 3.01. The Kier molecular flexibility index (Phi) is 6.98. The molecule has 0 radical (unpaired) electrons. The third-order valence-corrected chi connectivity index (χ3v) is 5.71. The summed E-state index contributed by atoms with van der Waals surface area (Å²) in [5.41, 5.74) is 0.965. The van der Waals surface area contributed by atoms with Gasteiger partial charge in [0.15, 0.2) is 5.16 Å². The van der Waals surface area contributed by atoms with E-state index in [-0.39, 0.29) is 11.6 Å². The molecule has 0 bridgehead atoms. The molecule has 0 spiro atoms. The lowest BCUT2D eigenvalue weighted by Crippen LogP contribution is -2.48. The van der Waals surface area contributed by atoms with E-state index < -0.39 is 0 Å². The van der Waals surface area contributed by atoms with E-state index in [4.69, 9.17) is 11.6 Å². The number of carbonyl (C=O) groups is 1. The number of H-pyrrole nitrogens is 1. The van der Waals surface area contributed by atoms with Crippen LogP contribution in [0.4, 0.5) is 0 Å². The first-order valence-corrected chi connectivity index (χ1v) is 10.5. The fourth-order valence-electron chi connectivity index (χ4n) is 3.10. The zero-order valence-corrected chi connectivity index (χ0v) is 16.9. The van der Waals surface area contributed by atoms with Crippen LogP contribution in [0, 0.1) is 0 Å². The van der Waals surface area contributed by atoms with Crippen molar-refractivity contribution in [1.29, 1.82) is 0 Å². The van der Waals surface area contributed by atoms with Crippen molar-refractivity contribution in [2.24, 2.45) is 0 Å². The second-order valence-electron chi connectivity index (χ2n) is 6.54. The van der Waals surface area contributed by atoms with E-state index in [1.807, 2.05) is 30.0 Å². The predicted octanol–water partition coefficient (Wildman–Crippen LogP) is 2.07. The van der Waals surface area contributed by atoms with Crippen LogP contribution in [0.5, 0.6) is 0 Å². The first-order chi connectivity index (χ1) is 13.1. The van der Waals surface area contributed by atoms with E-state index in [1.54, 1.807) is 4.57 Å². The zero-order valence-electron chi connectivity index (χ0n) is 15.4. The van der Waals surface area contributed by atoms with E-state index in [1.165, 1.54) is 17.3 Å². The van der Waals surface area contributed by atoms with Gasteiger partial charge < -0.3 is 4.90 Å². The van der Waals surface area contributed by atoms with E-state index in [9.17, 15) is 9.59 Å². The van der Waals surface area contributed by atoms with Gasteiger partial charge >= 0.3 is 5.69 Å². The number of carbonyl (C=O) groups excluding carboxylic acids is 1. The SMILES string of the molecule is CCCn1c(SCC(=O)N2CCN(Cc3cccc(Cl)c3)CC2)n[nH]c1=O. The van der Waals surface area contributed by atoms with Crippen molar-refractivity contribution >= 4 is 29.3 Å². The van der Waals surface area contributed by atoms with E-state index in [2.05, 4.69) is 21.2 Å². The summed E-state index contributed by atoms with van der Waals surface area (Å²) >= 11 is 7.36. The first kappa shape index (κ1) is 20.0. The maximum absolute atomic E-state index is 12.5. The highest BCUT2D eigenvalue weighted by molar-refractivity contribution is 7.99. The van der Waals surface area contributed by atoms with Crippen molar-refractivity contribution in [3.63, 3.8) is 0 Å². The summed E-state index contributed by atoms with van der Waals surface area (Å²) in [7, 11) is 0. The van der Waals surface area contributed by atoms with Crippen molar-refractivity contribution in [3.8, 4) is 0 Å². The highest BCUT2D eigenvalue weighted by Crippen LogP contribution is 2.17. The van der Waals surface area contributed by atoms with Gasteiger partial charge in [-0.15, -0.1) is 5.10 Å². The largest absolute Gasteiger partial charge is 0.343 e. The highest BCUT2D eigenvalue weighted by atomic mass is 35.5. The van der Waals surface area contributed by atoms with Gasteiger partial charge in [0.2, 0.25) is 5.91 Å². The highest BCUT2D eigenvalue weighted by Gasteiger charge is 2.22. The van der Waals surface area contributed by atoms with Gasteiger partial charge in [0.1, 0.15) is 0 Å². The molecule has 27 heavy (non-hydrogen) atoms. The Morgan fingerprint density at radius 3 is 2.78 bits per heavy atom. The van der Waals surface area contributed by atoms with Crippen molar-refractivity contribution in [1.82, 2.24) is 24.6 Å². The summed E-state index contributed by atoms with van der Waals surface area (Å²) in [6.07, 6.45) is 0.843. The summed E-state index contributed by atoms with van der Waals surface area (Å²) in [5, 5.41) is 7.80. The van der Waals surface area contributed by atoms with Gasteiger partial charge in [0.25, 0.3) is 0 Å². The molecule has 1 aromatic heterocycles. The number of amides is 1. The van der Waals surface area contributed by atoms with Crippen LogP contribution in [0.25, 0.3) is 0 Å². The summed E-state index contributed by atoms with van der Waals surface area (Å²) in [6, 6.07) is 7.88. The van der Waals surface area contributed by atoms with Crippen LogP contribution in [0.3, 0.4) is 0 Å². The number of aromatic nitrogens is 3. The molecule has 2 aromatic rings. The Morgan fingerprint density at radius 1 is 1.30 bits per heavy atom. The molecule has 0 aliphatic carbocycles. The fourth-order valence-corrected chi connectivity index (χ4v) is 4.19. The van der Waals surface area contributed by atoms with Gasteiger partial charge in [-0.05, 0) is 24.1 Å². The molecule has 9 heteroatoms. The van der Waals surface area contributed by atoms with Gasteiger partial charge in [-0.1, -0.05) is 42.4 Å². The molecule has 0 atom stereocenters. The number of benzene rings is 1. The number of hydrogen-bond acceptors (Lipinski definition) is 5. The van der Waals surface area contributed by atoms with Crippen molar-refractivity contribution in [3.05, 3.63) is 45.3 Å². The van der Waals surface area contributed by atoms with E-state index >= 15 is 0 Å². The molecule has 1 saturated heterocycles. The van der Waals surface area contributed by atoms with E-state index in [0.29, 0.717) is 30.5 Å². The van der Waals surface area contributed by atoms with Crippen LogP contribution >= 0.6 is 23.4 Å². The lowest BCUT2D eigenvalue weighted by Gasteiger charge is -2.34. The minimum Gasteiger partial charge on any atom is -0.339 e. The smallest absolute Gasteiger partial charge is 0.339 e.